The van der Waals surface area contributed by atoms with Gasteiger partial charge in [-0.3, -0.25) is 18.7 Å². The molecule has 0 unspecified atom stereocenters. The maximum Gasteiger partial charge on any atom is 0.332 e. The van der Waals surface area contributed by atoms with Gasteiger partial charge in [0.15, 0.2) is 0 Å². The van der Waals surface area contributed by atoms with E-state index < -0.39 is 5.69 Å². The van der Waals surface area contributed by atoms with Crippen LogP contribution in [-0.2, 0) is 24.9 Å². The van der Waals surface area contributed by atoms with E-state index in [9.17, 15) is 14.4 Å². The summed E-state index contributed by atoms with van der Waals surface area (Å²) < 4.78 is 4.19. The third kappa shape index (κ3) is 3.06. The van der Waals surface area contributed by atoms with E-state index >= 15 is 0 Å². The number of fused-ring (bicyclic) bond motifs is 1. The highest BCUT2D eigenvalue weighted by atomic mass is 35.5. The van der Waals surface area contributed by atoms with Gasteiger partial charge in [-0.1, -0.05) is 17.7 Å². The first kappa shape index (κ1) is 18.0. The first-order valence-corrected chi connectivity index (χ1v) is 8.56. The van der Waals surface area contributed by atoms with Gasteiger partial charge in [0.25, 0.3) is 5.56 Å². The molecule has 1 aromatic carbocycles. The van der Waals surface area contributed by atoms with Crippen molar-refractivity contribution in [1.82, 2.24) is 13.7 Å². The number of nitrogens with one attached hydrogen (secondary N) is 1. The molecule has 0 spiro atoms. The predicted octanol–water partition coefficient (Wildman–Crippen LogP) is 2.12. The summed E-state index contributed by atoms with van der Waals surface area (Å²) in [6, 6.07) is 8.50. The molecule has 2 heterocycles. The first-order valence-electron chi connectivity index (χ1n) is 8.18. The number of halogens is 1. The molecule has 0 radical (unpaired) electrons. The van der Waals surface area contributed by atoms with Gasteiger partial charge >= 0.3 is 5.69 Å². The molecule has 0 aliphatic rings. The third-order valence-electron chi connectivity index (χ3n) is 4.38. The molecule has 0 aliphatic heterocycles. The van der Waals surface area contributed by atoms with Gasteiger partial charge in [0.1, 0.15) is 12.1 Å². The van der Waals surface area contributed by atoms with E-state index in [-0.39, 0.29) is 24.6 Å². The summed E-state index contributed by atoms with van der Waals surface area (Å²) in [5.41, 5.74) is 1.37. The molecule has 0 saturated carbocycles. The number of carbonyl (C=O) groups is 1. The van der Waals surface area contributed by atoms with Crippen LogP contribution in [-0.4, -0.2) is 19.6 Å². The van der Waals surface area contributed by atoms with Crippen LogP contribution in [0.5, 0.6) is 0 Å². The van der Waals surface area contributed by atoms with Crippen LogP contribution in [0.25, 0.3) is 11.0 Å². The smallest absolute Gasteiger partial charge is 0.332 e. The van der Waals surface area contributed by atoms with Crippen molar-refractivity contribution < 1.29 is 4.79 Å². The quantitative estimate of drug-likeness (QED) is 0.759. The van der Waals surface area contributed by atoms with E-state index in [2.05, 4.69) is 5.32 Å². The highest BCUT2D eigenvalue weighted by Gasteiger charge is 2.18. The van der Waals surface area contributed by atoms with Crippen molar-refractivity contribution in [1.29, 1.82) is 0 Å². The van der Waals surface area contributed by atoms with Gasteiger partial charge in [-0.2, -0.15) is 0 Å². The lowest BCUT2D eigenvalue weighted by Gasteiger charge is -2.12. The van der Waals surface area contributed by atoms with Crippen molar-refractivity contribution in [3.63, 3.8) is 0 Å². The largest absolute Gasteiger partial charge is 0.342 e. The number of rotatable bonds is 4. The maximum absolute atomic E-state index is 12.7. The number of aromatic nitrogens is 3. The standard InChI is InChI=1S/C18H19ClN4O3/c1-4-22-17(25)16-14(8-11(2)21(16)3)23(18(22)26)10-15(24)20-13-7-5-6-12(19)9-13/h5-9H,4,10H2,1-3H3,(H,20,24). The maximum atomic E-state index is 12.7. The molecule has 3 rings (SSSR count). The lowest BCUT2D eigenvalue weighted by Crippen LogP contribution is -2.41. The molecular formula is C18H19ClN4O3. The van der Waals surface area contributed by atoms with Crippen LogP contribution in [0.1, 0.15) is 12.6 Å². The van der Waals surface area contributed by atoms with Crippen molar-refractivity contribution >= 4 is 34.2 Å². The Labute approximate surface area is 154 Å². The van der Waals surface area contributed by atoms with E-state index in [0.717, 1.165) is 10.3 Å². The van der Waals surface area contributed by atoms with Crippen LogP contribution in [0.3, 0.4) is 0 Å². The average Bonchev–Trinajstić information content (AvgIpc) is 2.87. The molecule has 7 nitrogen and oxygen atoms in total. The Morgan fingerprint density at radius 2 is 1.92 bits per heavy atom. The topological polar surface area (TPSA) is 78.0 Å². The summed E-state index contributed by atoms with van der Waals surface area (Å²) in [4.78, 5) is 37.8. The molecule has 0 fully saturated rings. The van der Waals surface area contributed by atoms with Crippen LogP contribution < -0.4 is 16.6 Å². The minimum absolute atomic E-state index is 0.203. The molecular weight excluding hydrogens is 356 g/mol. The van der Waals surface area contributed by atoms with Gasteiger partial charge < -0.3 is 9.88 Å². The molecule has 0 saturated heterocycles. The number of hydrogen-bond donors (Lipinski definition) is 1. The van der Waals surface area contributed by atoms with Gasteiger partial charge in [0, 0.05) is 30.0 Å². The molecule has 1 N–H and O–H groups in total. The van der Waals surface area contributed by atoms with Gasteiger partial charge in [-0.05, 0) is 38.1 Å². The normalized spacial score (nSPS) is 11.1. The van der Waals surface area contributed by atoms with E-state index in [0.29, 0.717) is 21.7 Å². The van der Waals surface area contributed by atoms with E-state index in [1.54, 1.807) is 48.9 Å². The SMILES string of the molecule is CCn1c(=O)c2c(cc(C)n2C)n(CC(=O)Nc2cccc(Cl)c2)c1=O. The molecule has 26 heavy (non-hydrogen) atoms. The van der Waals surface area contributed by atoms with Crippen LogP contribution in [0, 0.1) is 6.92 Å². The van der Waals surface area contributed by atoms with Crippen molar-refractivity contribution in [2.45, 2.75) is 26.9 Å². The van der Waals surface area contributed by atoms with E-state index in [1.807, 2.05) is 6.92 Å². The highest BCUT2D eigenvalue weighted by molar-refractivity contribution is 6.30. The summed E-state index contributed by atoms with van der Waals surface area (Å²) in [5.74, 6) is -0.376. The van der Waals surface area contributed by atoms with Crippen molar-refractivity contribution in [2.75, 3.05) is 5.32 Å². The molecule has 3 aromatic rings. The Kier molecular flexibility index (Phi) is 4.73. The van der Waals surface area contributed by atoms with Crippen LogP contribution >= 0.6 is 11.6 Å². The number of aryl methyl sites for hydroxylation is 2. The number of nitrogens with zero attached hydrogens (tertiary/aromatic N) is 3. The average molecular weight is 375 g/mol. The fraction of sp³-hybridized carbons (Fsp3) is 0.278. The summed E-state index contributed by atoms with van der Waals surface area (Å²) in [6.07, 6.45) is 0. The lowest BCUT2D eigenvalue weighted by molar-refractivity contribution is -0.116. The monoisotopic (exact) mass is 374 g/mol. The van der Waals surface area contributed by atoms with Gasteiger partial charge in [-0.25, -0.2) is 4.79 Å². The van der Waals surface area contributed by atoms with Crippen LogP contribution in [0.2, 0.25) is 5.02 Å². The Bertz CT molecular complexity index is 1120. The molecule has 2 aromatic heterocycles. The third-order valence-corrected chi connectivity index (χ3v) is 4.61. The lowest BCUT2D eigenvalue weighted by atomic mass is 10.3. The Morgan fingerprint density at radius 3 is 2.58 bits per heavy atom. The summed E-state index contributed by atoms with van der Waals surface area (Å²) in [6.45, 7) is 3.59. The second kappa shape index (κ2) is 6.84. The molecule has 8 heteroatoms. The van der Waals surface area contributed by atoms with E-state index in [4.69, 9.17) is 11.6 Å². The van der Waals surface area contributed by atoms with E-state index in [1.165, 1.54) is 4.57 Å². The van der Waals surface area contributed by atoms with Crippen molar-refractivity contribution in [3.8, 4) is 0 Å². The van der Waals surface area contributed by atoms with Gasteiger partial charge in [-0.15, -0.1) is 0 Å². The number of hydrogen-bond acceptors (Lipinski definition) is 3. The van der Waals surface area contributed by atoms with Crippen LogP contribution in [0.15, 0.2) is 39.9 Å². The number of anilines is 1. The second-order valence-corrected chi connectivity index (χ2v) is 6.49. The molecule has 0 atom stereocenters. The Morgan fingerprint density at radius 1 is 1.19 bits per heavy atom. The van der Waals surface area contributed by atoms with Gasteiger partial charge in [0.05, 0.1) is 5.52 Å². The first-order chi connectivity index (χ1) is 12.3. The van der Waals surface area contributed by atoms with Crippen LogP contribution in [0.4, 0.5) is 5.69 Å². The minimum atomic E-state index is -0.503. The number of benzene rings is 1. The molecule has 0 aliphatic carbocycles. The van der Waals surface area contributed by atoms with Crippen molar-refractivity contribution in [3.05, 3.63) is 61.9 Å². The second-order valence-electron chi connectivity index (χ2n) is 6.06. The van der Waals surface area contributed by atoms with Gasteiger partial charge in [0.2, 0.25) is 5.91 Å². The zero-order chi connectivity index (χ0) is 19.0. The van der Waals surface area contributed by atoms with Crippen molar-refractivity contribution in [2.24, 2.45) is 7.05 Å². The fourth-order valence-corrected chi connectivity index (χ4v) is 3.17. The summed E-state index contributed by atoms with van der Waals surface area (Å²) in [7, 11) is 1.76. The Balaban J connectivity index is 2.07. The highest BCUT2D eigenvalue weighted by Crippen LogP contribution is 2.16. The molecule has 1 amide bonds. The molecule has 0 bridgehead atoms. The predicted molar refractivity (Wildman–Crippen MR) is 102 cm³/mol. The molecule has 136 valence electrons. The Hall–Kier alpha value is -2.80. The minimum Gasteiger partial charge on any atom is -0.342 e. The zero-order valence-corrected chi connectivity index (χ0v) is 15.5. The fourth-order valence-electron chi connectivity index (χ4n) is 2.98. The number of carbonyl (C=O) groups excluding carboxylic acids is 1. The number of amides is 1. The summed E-state index contributed by atoms with van der Waals surface area (Å²) >= 11 is 5.92. The summed E-state index contributed by atoms with van der Waals surface area (Å²) in [5, 5.41) is 3.22. The zero-order valence-electron chi connectivity index (χ0n) is 14.7.